The molecule has 1 heterocycles. The maximum absolute atomic E-state index is 14.9. The second-order valence-electron chi connectivity index (χ2n) is 8.62. The summed E-state index contributed by atoms with van der Waals surface area (Å²) in [5.41, 5.74) is 7.10. The van der Waals surface area contributed by atoms with Gasteiger partial charge in [-0.05, 0) is 61.8 Å². The Labute approximate surface area is 176 Å². The van der Waals surface area contributed by atoms with Crippen molar-refractivity contribution in [1.82, 2.24) is 10.3 Å². The minimum absolute atomic E-state index is 0.0123. The van der Waals surface area contributed by atoms with Crippen LogP contribution >= 0.6 is 0 Å². The van der Waals surface area contributed by atoms with E-state index in [9.17, 15) is 14.0 Å². The normalized spacial score (nSPS) is 18.0. The molecule has 4 rings (SSSR count). The molecule has 3 N–H and O–H groups in total. The average molecular weight is 410 g/mol. The molecule has 0 spiro atoms. The number of hydrogen-bond donors (Lipinski definition) is 2. The van der Waals surface area contributed by atoms with Crippen molar-refractivity contribution in [3.8, 4) is 0 Å². The van der Waals surface area contributed by atoms with Gasteiger partial charge in [0, 0.05) is 17.8 Å². The highest BCUT2D eigenvalue weighted by molar-refractivity contribution is 5.91. The summed E-state index contributed by atoms with van der Waals surface area (Å²) < 4.78 is 14.9. The summed E-state index contributed by atoms with van der Waals surface area (Å²) in [5, 5.41) is 3.18. The van der Waals surface area contributed by atoms with Gasteiger partial charge in [-0.15, -0.1) is 0 Å². The Bertz CT molecular complexity index is 932. The van der Waals surface area contributed by atoms with Crippen molar-refractivity contribution in [2.75, 3.05) is 0 Å². The lowest BCUT2D eigenvalue weighted by Gasteiger charge is -2.26. The molecule has 5 nitrogen and oxygen atoms in total. The zero-order valence-electron chi connectivity index (χ0n) is 17.1. The maximum atomic E-state index is 14.9. The number of aromatic nitrogens is 1. The molecule has 2 amide bonds. The molecule has 0 saturated heterocycles. The van der Waals surface area contributed by atoms with E-state index in [1.165, 1.54) is 6.42 Å². The molecule has 0 bridgehead atoms. The van der Waals surface area contributed by atoms with Crippen molar-refractivity contribution in [3.63, 3.8) is 0 Å². The second-order valence-corrected chi connectivity index (χ2v) is 8.62. The first kappa shape index (κ1) is 20.5. The standard InChI is InChI=1S/C24H28FN3O2/c25-20-14-16(6-7-17-9-11-21(22(26)29)27-15-17)8-10-19(20)24(12-13-24)23(30)28-18-4-2-1-3-5-18/h8-11,14-15,18H,1-7,12-13H2,(H2,26,29)(H,28,30). The molecule has 1 aromatic heterocycles. The summed E-state index contributed by atoms with van der Waals surface area (Å²) in [6.07, 6.45) is 9.97. The molecular weight excluding hydrogens is 381 g/mol. The number of carbonyl (C=O) groups excluding carboxylic acids is 2. The van der Waals surface area contributed by atoms with Crippen LogP contribution in [-0.4, -0.2) is 22.8 Å². The van der Waals surface area contributed by atoms with Gasteiger partial charge >= 0.3 is 0 Å². The fourth-order valence-electron chi connectivity index (χ4n) is 4.42. The van der Waals surface area contributed by atoms with Gasteiger partial charge in [-0.1, -0.05) is 37.5 Å². The number of hydrogen-bond acceptors (Lipinski definition) is 3. The third-order valence-corrected chi connectivity index (χ3v) is 6.45. The van der Waals surface area contributed by atoms with Crippen molar-refractivity contribution in [2.45, 2.75) is 69.2 Å². The van der Waals surface area contributed by atoms with E-state index in [2.05, 4.69) is 10.3 Å². The van der Waals surface area contributed by atoms with Crippen LogP contribution in [0.2, 0.25) is 0 Å². The highest BCUT2D eigenvalue weighted by Crippen LogP contribution is 2.49. The van der Waals surface area contributed by atoms with Crippen LogP contribution in [-0.2, 0) is 23.1 Å². The monoisotopic (exact) mass is 409 g/mol. The van der Waals surface area contributed by atoms with Crippen molar-refractivity contribution in [1.29, 1.82) is 0 Å². The molecule has 2 aromatic rings. The fraction of sp³-hybridized carbons (Fsp3) is 0.458. The van der Waals surface area contributed by atoms with Gasteiger partial charge in [0.25, 0.3) is 5.91 Å². The molecule has 2 aliphatic carbocycles. The largest absolute Gasteiger partial charge is 0.364 e. The first-order chi connectivity index (χ1) is 14.5. The highest BCUT2D eigenvalue weighted by atomic mass is 19.1. The van der Waals surface area contributed by atoms with Crippen LogP contribution in [0, 0.1) is 5.82 Å². The molecule has 0 atom stereocenters. The number of halogens is 1. The van der Waals surface area contributed by atoms with Crippen molar-refractivity contribution >= 4 is 11.8 Å². The number of pyridine rings is 1. The molecular formula is C24H28FN3O2. The van der Waals surface area contributed by atoms with Crippen molar-refractivity contribution in [2.24, 2.45) is 5.73 Å². The third kappa shape index (κ3) is 4.37. The predicted octanol–water partition coefficient (Wildman–Crippen LogP) is 3.59. The quantitative estimate of drug-likeness (QED) is 0.733. The number of rotatable bonds is 7. The SMILES string of the molecule is NC(=O)c1ccc(CCc2ccc(C3(C(=O)NC4CCCCC4)CC3)c(F)c2)cn1. The average Bonchev–Trinajstić information content (AvgIpc) is 3.55. The number of nitrogens with two attached hydrogens (primary N) is 1. The minimum Gasteiger partial charge on any atom is -0.364 e. The van der Waals surface area contributed by atoms with Gasteiger partial charge in [0.05, 0.1) is 5.41 Å². The number of benzene rings is 1. The van der Waals surface area contributed by atoms with E-state index >= 15 is 0 Å². The van der Waals surface area contributed by atoms with E-state index < -0.39 is 11.3 Å². The Morgan fingerprint density at radius 3 is 2.37 bits per heavy atom. The number of primary amides is 1. The van der Waals surface area contributed by atoms with Crippen molar-refractivity contribution in [3.05, 3.63) is 64.7 Å². The summed E-state index contributed by atoms with van der Waals surface area (Å²) in [4.78, 5) is 28.0. The third-order valence-electron chi connectivity index (χ3n) is 6.45. The topological polar surface area (TPSA) is 85.1 Å². The molecule has 30 heavy (non-hydrogen) atoms. The Morgan fingerprint density at radius 1 is 1.07 bits per heavy atom. The summed E-state index contributed by atoms with van der Waals surface area (Å²) >= 11 is 0. The molecule has 158 valence electrons. The number of amides is 2. The van der Waals surface area contributed by atoms with E-state index in [1.54, 1.807) is 24.4 Å². The Hall–Kier alpha value is -2.76. The van der Waals surface area contributed by atoms with E-state index in [4.69, 9.17) is 5.73 Å². The molecule has 0 aliphatic heterocycles. The van der Waals surface area contributed by atoms with E-state index in [-0.39, 0.29) is 23.5 Å². The second kappa shape index (κ2) is 8.54. The smallest absolute Gasteiger partial charge is 0.267 e. The molecule has 1 aromatic carbocycles. The van der Waals surface area contributed by atoms with E-state index in [0.717, 1.165) is 36.8 Å². The Balaban J connectivity index is 1.40. The van der Waals surface area contributed by atoms with Crippen LogP contribution in [0.5, 0.6) is 0 Å². The molecule has 2 saturated carbocycles. The van der Waals surface area contributed by atoms with Crippen LogP contribution in [0.3, 0.4) is 0 Å². The van der Waals surface area contributed by atoms with E-state index in [0.29, 0.717) is 31.2 Å². The van der Waals surface area contributed by atoms with E-state index in [1.807, 2.05) is 12.1 Å². The molecule has 0 radical (unpaired) electrons. The number of carbonyl (C=O) groups is 2. The van der Waals surface area contributed by atoms with Gasteiger partial charge in [0.2, 0.25) is 5.91 Å². The first-order valence-corrected chi connectivity index (χ1v) is 10.8. The van der Waals surface area contributed by atoms with Gasteiger partial charge in [0.1, 0.15) is 11.5 Å². The molecule has 6 heteroatoms. The van der Waals surface area contributed by atoms with Gasteiger partial charge in [-0.2, -0.15) is 0 Å². The summed E-state index contributed by atoms with van der Waals surface area (Å²) in [6, 6.07) is 8.90. The van der Waals surface area contributed by atoms with Gasteiger partial charge in [-0.25, -0.2) is 4.39 Å². The lowest BCUT2D eigenvalue weighted by molar-refractivity contribution is -0.124. The lowest BCUT2D eigenvalue weighted by Crippen LogP contribution is -2.42. The zero-order valence-corrected chi connectivity index (χ0v) is 17.1. The van der Waals surface area contributed by atoms with Gasteiger partial charge < -0.3 is 11.1 Å². The van der Waals surface area contributed by atoms with Crippen LogP contribution in [0.1, 0.15) is 72.1 Å². The van der Waals surface area contributed by atoms with Crippen LogP contribution in [0.15, 0.2) is 36.5 Å². The predicted molar refractivity (Wildman–Crippen MR) is 112 cm³/mol. The summed E-state index contributed by atoms with van der Waals surface area (Å²) in [6.45, 7) is 0. The zero-order chi connectivity index (χ0) is 21.1. The van der Waals surface area contributed by atoms with Gasteiger partial charge in [0.15, 0.2) is 0 Å². The molecule has 2 aliphatic rings. The van der Waals surface area contributed by atoms with Crippen molar-refractivity contribution < 1.29 is 14.0 Å². The summed E-state index contributed by atoms with van der Waals surface area (Å²) in [5.74, 6) is -0.867. The van der Waals surface area contributed by atoms with Crippen LogP contribution in [0.4, 0.5) is 4.39 Å². The summed E-state index contributed by atoms with van der Waals surface area (Å²) in [7, 11) is 0. The highest BCUT2D eigenvalue weighted by Gasteiger charge is 2.53. The van der Waals surface area contributed by atoms with Crippen LogP contribution < -0.4 is 11.1 Å². The first-order valence-electron chi connectivity index (χ1n) is 10.8. The van der Waals surface area contributed by atoms with Gasteiger partial charge in [-0.3, -0.25) is 14.6 Å². The molecule has 2 fully saturated rings. The Kier molecular flexibility index (Phi) is 5.84. The van der Waals surface area contributed by atoms with Crippen LogP contribution in [0.25, 0.3) is 0 Å². The minimum atomic E-state index is -0.686. The number of nitrogens with zero attached hydrogens (tertiary/aromatic N) is 1. The maximum Gasteiger partial charge on any atom is 0.267 e. The molecule has 0 unspecified atom stereocenters. The Morgan fingerprint density at radius 2 is 1.77 bits per heavy atom. The number of nitrogens with one attached hydrogen (secondary N) is 1. The lowest BCUT2D eigenvalue weighted by atomic mass is 9.90. The fourth-order valence-corrected chi connectivity index (χ4v) is 4.42. The number of aryl methyl sites for hydroxylation is 2.